The van der Waals surface area contributed by atoms with Gasteiger partial charge in [0.2, 0.25) is 21.7 Å². The van der Waals surface area contributed by atoms with Crippen molar-refractivity contribution >= 4 is 10.0 Å². The van der Waals surface area contributed by atoms with E-state index < -0.39 is 10.0 Å². The summed E-state index contributed by atoms with van der Waals surface area (Å²) in [6.07, 6.45) is 1.08. The first-order valence-electron chi connectivity index (χ1n) is 7.58. The molecule has 3 rings (SSSR count). The van der Waals surface area contributed by atoms with Gasteiger partial charge in [-0.05, 0) is 18.6 Å². The predicted octanol–water partition coefficient (Wildman–Crippen LogP) is 2.65. The third-order valence-corrected chi connectivity index (χ3v) is 4.89. The smallest absolute Gasteiger partial charge is 0.240 e. The van der Waals surface area contributed by atoms with E-state index in [1.807, 2.05) is 30.3 Å². The Morgan fingerprint density at radius 3 is 2.33 bits per heavy atom. The Morgan fingerprint density at radius 1 is 0.958 bits per heavy atom. The van der Waals surface area contributed by atoms with Crippen LogP contribution in [0, 0.1) is 0 Å². The fraction of sp³-hybridized carbons (Fsp3) is 0.176. The molecule has 0 spiro atoms. The van der Waals surface area contributed by atoms with Crippen LogP contribution in [0.25, 0.3) is 11.4 Å². The molecule has 0 saturated carbocycles. The van der Waals surface area contributed by atoms with E-state index in [2.05, 4.69) is 14.9 Å². The van der Waals surface area contributed by atoms with E-state index >= 15 is 0 Å². The maximum atomic E-state index is 12.1. The van der Waals surface area contributed by atoms with Crippen LogP contribution in [0.2, 0.25) is 0 Å². The minimum absolute atomic E-state index is 0.258. The van der Waals surface area contributed by atoms with Crippen molar-refractivity contribution in [1.82, 2.24) is 14.9 Å². The molecule has 0 bridgehead atoms. The van der Waals surface area contributed by atoms with Crippen molar-refractivity contribution in [2.45, 2.75) is 17.7 Å². The molecule has 0 aliphatic heterocycles. The molecule has 0 aliphatic carbocycles. The van der Waals surface area contributed by atoms with Gasteiger partial charge in [-0.3, -0.25) is 0 Å². The van der Waals surface area contributed by atoms with Crippen LogP contribution in [-0.2, 0) is 16.4 Å². The van der Waals surface area contributed by atoms with Gasteiger partial charge in [0.1, 0.15) is 0 Å². The van der Waals surface area contributed by atoms with Gasteiger partial charge in [0.15, 0.2) is 0 Å². The number of nitrogens with zero attached hydrogens (tertiary/aromatic N) is 2. The predicted molar refractivity (Wildman–Crippen MR) is 89.7 cm³/mol. The lowest BCUT2D eigenvalue weighted by Crippen LogP contribution is -2.25. The normalized spacial score (nSPS) is 11.5. The highest BCUT2D eigenvalue weighted by atomic mass is 32.2. The van der Waals surface area contributed by atoms with E-state index in [-0.39, 0.29) is 4.90 Å². The second-order valence-electron chi connectivity index (χ2n) is 5.19. The Bertz CT molecular complexity index is 878. The summed E-state index contributed by atoms with van der Waals surface area (Å²) in [5, 5.41) is 3.94. The fourth-order valence-electron chi connectivity index (χ4n) is 2.19. The summed E-state index contributed by atoms with van der Waals surface area (Å²) in [4.78, 5) is 4.58. The van der Waals surface area contributed by atoms with Gasteiger partial charge in [-0.2, -0.15) is 4.98 Å². The van der Waals surface area contributed by atoms with E-state index in [1.54, 1.807) is 30.3 Å². The van der Waals surface area contributed by atoms with Gasteiger partial charge in [0.05, 0.1) is 4.90 Å². The molecule has 24 heavy (non-hydrogen) atoms. The second-order valence-corrected chi connectivity index (χ2v) is 6.96. The first-order chi connectivity index (χ1) is 11.6. The van der Waals surface area contributed by atoms with Crippen molar-refractivity contribution in [2.24, 2.45) is 0 Å². The van der Waals surface area contributed by atoms with E-state index in [0.717, 1.165) is 5.56 Å². The minimum atomic E-state index is -3.47. The zero-order valence-electron chi connectivity index (χ0n) is 12.9. The van der Waals surface area contributed by atoms with Gasteiger partial charge in [-0.1, -0.05) is 53.7 Å². The fourth-order valence-corrected chi connectivity index (χ4v) is 3.29. The standard InChI is InChI=1S/C17H17N3O3S/c21-24(22,15-10-5-2-6-11-15)18-13-7-12-16-19-17(20-23-16)14-8-3-1-4-9-14/h1-6,8-11,18H,7,12-13H2. The molecule has 1 heterocycles. The molecule has 6 nitrogen and oxygen atoms in total. The average Bonchev–Trinajstić information content (AvgIpc) is 3.09. The Morgan fingerprint density at radius 2 is 1.62 bits per heavy atom. The van der Waals surface area contributed by atoms with Crippen molar-refractivity contribution in [3.63, 3.8) is 0 Å². The maximum absolute atomic E-state index is 12.1. The molecule has 3 aromatic rings. The second kappa shape index (κ2) is 7.37. The summed E-state index contributed by atoms with van der Waals surface area (Å²) >= 11 is 0. The quantitative estimate of drug-likeness (QED) is 0.667. The van der Waals surface area contributed by atoms with E-state index in [9.17, 15) is 8.42 Å². The van der Waals surface area contributed by atoms with E-state index in [1.165, 1.54) is 0 Å². The number of hydrogen-bond donors (Lipinski definition) is 1. The number of rotatable bonds is 7. The highest BCUT2D eigenvalue weighted by molar-refractivity contribution is 7.89. The van der Waals surface area contributed by atoms with Gasteiger partial charge in [-0.25, -0.2) is 13.1 Å². The largest absolute Gasteiger partial charge is 0.339 e. The number of aryl methyl sites for hydroxylation is 1. The van der Waals surface area contributed by atoms with Crippen LogP contribution in [0.3, 0.4) is 0 Å². The topological polar surface area (TPSA) is 85.1 Å². The molecule has 1 aromatic heterocycles. The van der Waals surface area contributed by atoms with Crippen LogP contribution in [0.4, 0.5) is 0 Å². The highest BCUT2D eigenvalue weighted by Gasteiger charge is 2.13. The van der Waals surface area contributed by atoms with Crippen LogP contribution in [0.5, 0.6) is 0 Å². The number of hydrogen-bond acceptors (Lipinski definition) is 5. The number of benzene rings is 2. The van der Waals surface area contributed by atoms with Gasteiger partial charge in [0.25, 0.3) is 0 Å². The SMILES string of the molecule is O=S(=O)(NCCCc1nc(-c2ccccc2)no1)c1ccccc1. The molecular weight excluding hydrogens is 326 g/mol. The third kappa shape index (κ3) is 4.06. The summed E-state index contributed by atoms with van der Waals surface area (Å²) in [6.45, 7) is 0.306. The van der Waals surface area contributed by atoms with Crippen molar-refractivity contribution in [3.05, 3.63) is 66.6 Å². The van der Waals surface area contributed by atoms with Crippen LogP contribution < -0.4 is 4.72 Å². The summed E-state index contributed by atoms with van der Waals surface area (Å²) < 4.78 is 31.9. The van der Waals surface area contributed by atoms with Gasteiger partial charge in [-0.15, -0.1) is 0 Å². The molecule has 1 N–H and O–H groups in total. The Labute approximate surface area is 140 Å². The van der Waals surface area contributed by atoms with Crippen LogP contribution in [0.1, 0.15) is 12.3 Å². The Balaban J connectivity index is 1.52. The molecule has 7 heteroatoms. The van der Waals surface area contributed by atoms with E-state index in [4.69, 9.17) is 4.52 Å². The Kier molecular flexibility index (Phi) is 5.02. The van der Waals surface area contributed by atoms with Gasteiger partial charge < -0.3 is 4.52 Å². The molecule has 0 atom stereocenters. The van der Waals surface area contributed by atoms with Gasteiger partial charge >= 0.3 is 0 Å². The van der Waals surface area contributed by atoms with E-state index in [0.29, 0.717) is 31.1 Å². The minimum Gasteiger partial charge on any atom is -0.339 e. The molecule has 0 saturated heterocycles. The lowest BCUT2D eigenvalue weighted by Gasteiger charge is -2.05. The zero-order valence-corrected chi connectivity index (χ0v) is 13.7. The van der Waals surface area contributed by atoms with Crippen molar-refractivity contribution in [3.8, 4) is 11.4 Å². The molecule has 0 radical (unpaired) electrons. The molecular formula is C17H17N3O3S. The number of sulfonamides is 1. The maximum Gasteiger partial charge on any atom is 0.240 e. The number of aromatic nitrogens is 2. The van der Waals surface area contributed by atoms with Crippen molar-refractivity contribution in [2.75, 3.05) is 6.54 Å². The summed E-state index contributed by atoms with van der Waals surface area (Å²) in [7, 11) is -3.47. The first-order valence-corrected chi connectivity index (χ1v) is 9.06. The Hall–Kier alpha value is -2.51. The van der Waals surface area contributed by atoms with Crippen molar-refractivity contribution < 1.29 is 12.9 Å². The van der Waals surface area contributed by atoms with Crippen LogP contribution >= 0.6 is 0 Å². The molecule has 0 unspecified atom stereocenters. The van der Waals surface area contributed by atoms with Gasteiger partial charge in [0, 0.05) is 18.5 Å². The third-order valence-electron chi connectivity index (χ3n) is 3.41. The molecule has 0 aliphatic rings. The lowest BCUT2D eigenvalue weighted by atomic mass is 10.2. The highest BCUT2D eigenvalue weighted by Crippen LogP contribution is 2.15. The lowest BCUT2D eigenvalue weighted by molar-refractivity contribution is 0.376. The summed E-state index contributed by atoms with van der Waals surface area (Å²) in [6, 6.07) is 17.8. The zero-order chi connectivity index (χ0) is 16.8. The summed E-state index contributed by atoms with van der Waals surface area (Å²) in [5.41, 5.74) is 0.886. The van der Waals surface area contributed by atoms with Crippen LogP contribution in [0.15, 0.2) is 70.1 Å². The molecule has 2 aromatic carbocycles. The average molecular weight is 343 g/mol. The summed E-state index contributed by atoms with van der Waals surface area (Å²) in [5.74, 6) is 1.03. The monoisotopic (exact) mass is 343 g/mol. The van der Waals surface area contributed by atoms with Crippen LogP contribution in [-0.4, -0.2) is 25.1 Å². The molecule has 0 fully saturated rings. The van der Waals surface area contributed by atoms with Crippen molar-refractivity contribution in [1.29, 1.82) is 0 Å². The molecule has 0 amide bonds. The molecule has 124 valence electrons. The first kappa shape index (κ1) is 16.4. The number of nitrogens with one attached hydrogen (secondary N) is 1.